The molecule has 5 nitrogen and oxygen atoms in total. The average Bonchev–Trinajstić information content (AvgIpc) is 3.12. The van der Waals surface area contributed by atoms with Gasteiger partial charge in [0.2, 0.25) is 11.7 Å². The number of rotatable bonds is 4. The highest BCUT2D eigenvalue weighted by atomic mass is 16.5. The predicted octanol–water partition coefficient (Wildman–Crippen LogP) is 3.57. The van der Waals surface area contributed by atoms with Gasteiger partial charge in [0.1, 0.15) is 5.75 Å². The van der Waals surface area contributed by atoms with E-state index in [0.29, 0.717) is 11.7 Å². The highest BCUT2D eigenvalue weighted by Gasteiger charge is 2.23. The Morgan fingerprint density at radius 3 is 2.59 bits per heavy atom. The van der Waals surface area contributed by atoms with Crippen LogP contribution in [-0.4, -0.2) is 22.8 Å². The molecule has 1 fully saturated rings. The zero-order chi connectivity index (χ0) is 15.7. The van der Waals surface area contributed by atoms with Gasteiger partial charge in [-0.1, -0.05) is 5.16 Å². The second-order valence-corrected chi connectivity index (χ2v) is 6.21. The third-order valence-corrected chi connectivity index (χ3v) is 3.87. The topological polar surface area (TPSA) is 60.2 Å². The number of hydrogen-bond acceptors (Lipinski definition) is 5. The molecule has 3 rings (SSSR count). The molecule has 118 valence electrons. The minimum absolute atomic E-state index is 0.161. The summed E-state index contributed by atoms with van der Waals surface area (Å²) in [6.45, 7) is 9.18. The molecule has 0 radical (unpaired) electrons. The first kappa shape index (κ1) is 15.0. The summed E-state index contributed by atoms with van der Waals surface area (Å²) in [7, 11) is 0. The van der Waals surface area contributed by atoms with Crippen LogP contribution in [0.5, 0.6) is 5.75 Å². The molecule has 1 aromatic carbocycles. The fourth-order valence-electron chi connectivity index (χ4n) is 2.89. The first-order valence-corrected chi connectivity index (χ1v) is 7.90. The lowest BCUT2D eigenvalue weighted by atomic mass is 10.1. The highest BCUT2D eigenvalue weighted by molar-refractivity contribution is 5.61. The average molecular weight is 301 g/mol. The van der Waals surface area contributed by atoms with Gasteiger partial charge < -0.3 is 14.6 Å². The lowest BCUT2D eigenvalue weighted by molar-refractivity contribution is 0.239. The monoisotopic (exact) mass is 301 g/mol. The third-order valence-electron chi connectivity index (χ3n) is 3.87. The van der Waals surface area contributed by atoms with Crippen molar-refractivity contribution in [1.82, 2.24) is 15.5 Å². The Balaban J connectivity index is 1.88. The van der Waals surface area contributed by atoms with Gasteiger partial charge in [-0.05, 0) is 70.3 Å². The smallest absolute Gasteiger partial charge is 0.244 e. The summed E-state index contributed by atoms with van der Waals surface area (Å²) in [5.41, 5.74) is 3.15. The Morgan fingerprint density at radius 2 is 2.00 bits per heavy atom. The van der Waals surface area contributed by atoms with Crippen LogP contribution in [0.2, 0.25) is 0 Å². The molecular weight excluding hydrogens is 278 g/mol. The number of nitrogens with one attached hydrogen (secondary N) is 1. The number of aromatic nitrogens is 2. The van der Waals surface area contributed by atoms with Crippen molar-refractivity contribution in [2.24, 2.45) is 0 Å². The molecule has 0 saturated carbocycles. The Hall–Kier alpha value is -1.88. The molecule has 1 aromatic heterocycles. The van der Waals surface area contributed by atoms with E-state index in [4.69, 9.17) is 9.26 Å². The molecule has 2 aromatic rings. The minimum atomic E-state index is 0.161. The maximum absolute atomic E-state index is 5.88. The second-order valence-electron chi connectivity index (χ2n) is 6.21. The quantitative estimate of drug-likeness (QED) is 0.935. The van der Waals surface area contributed by atoms with Crippen molar-refractivity contribution >= 4 is 0 Å². The third kappa shape index (κ3) is 2.99. The number of hydrogen-bond donors (Lipinski definition) is 1. The van der Waals surface area contributed by atoms with Crippen LogP contribution in [0.4, 0.5) is 0 Å². The van der Waals surface area contributed by atoms with E-state index < -0.39 is 0 Å². The van der Waals surface area contributed by atoms with Gasteiger partial charge in [-0.2, -0.15) is 4.98 Å². The van der Waals surface area contributed by atoms with E-state index >= 15 is 0 Å². The summed E-state index contributed by atoms with van der Waals surface area (Å²) in [5, 5.41) is 7.51. The normalized spacial score (nSPS) is 18.1. The molecule has 1 saturated heterocycles. The summed E-state index contributed by atoms with van der Waals surface area (Å²) in [4.78, 5) is 4.55. The summed E-state index contributed by atoms with van der Waals surface area (Å²) in [6, 6.07) is 4.31. The van der Waals surface area contributed by atoms with Crippen LogP contribution in [0.15, 0.2) is 16.7 Å². The first-order chi connectivity index (χ1) is 10.5. The molecule has 5 heteroatoms. The van der Waals surface area contributed by atoms with Gasteiger partial charge in [0.05, 0.1) is 12.1 Å². The Morgan fingerprint density at radius 1 is 1.27 bits per heavy atom. The Bertz CT molecular complexity index is 635. The van der Waals surface area contributed by atoms with Gasteiger partial charge >= 0.3 is 0 Å². The molecular formula is C17H23N3O2. The maximum Gasteiger partial charge on any atom is 0.244 e. The lowest BCUT2D eigenvalue weighted by Gasteiger charge is -2.15. The Labute approximate surface area is 131 Å². The number of ether oxygens (including phenoxy) is 1. The van der Waals surface area contributed by atoms with E-state index in [1.54, 1.807) is 0 Å². The Kier molecular flexibility index (Phi) is 4.16. The molecule has 1 aliphatic rings. The van der Waals surface area contributed by atoms with Gasteiger partial charge in [-0.25, -0.2) is 0 Å². The van der Waals surface area contributed by atoms with Crippen molar-refractivity contribution in [1.29, 1.82) is 0 Å². The summed E-state index contributed by atoms with van der Waals surface area (Å²) < 4.78 is 11.3. The molecule has 0 spiro atoms. The molecule has 22 heavy (non-hydrogen) atoms. The summed E-state index contributed by atoms with van der Waals surface area (Å²) >= 11 is 0. The van der Waals surface area contributed by atoms with E-state index in [9.17, 15) is 0 Å². The van der Waals surface area contributed by atoms with Crippen molar-refractivity contribution in [3.05, 3.63) is 29.2 Å². The standard InChI is InChI=1S/C17H23N3O2/c1-10(2)21-15-11(3)8-13(9-12(15)4)16-19-17(22-20-16)14-6-5-7-18-14/h8-10,14,18H,5-7H2,1-4H3/t14-/m0/s1. The molecule has 0 bridgehead atoms. The molecule has 0 unspecified atom stereocenters. The lowest BCUT2D eigenvalue weighted by Crippen LogP contribution is -2.12. The fourth-order valence-corrected chi connectivity index (χ4v) is 2.89. The predicted molar refractivity (Wildman–Crippen MR) is 84.9 cm³/mol. The molecule has 0 amide bonds. The fraction of sp³-hybridized carbons (Fsp3) is 0.529. The van der Waals surface area contributed by atoms with Gasteiger partial charge in [-0.15, -0.1) is 0 Å². The molecule has 1 aliphatic heterocycles. The molecule has 2 heterocycles. The van der Waals surface area contributed by atoms with Crippen LogP contribution in [0.3, 0.4) is 0 Å². The van der Waals surface area contributed by atoms with Gasteiger partial charge in [0.15, 0.2) is 0 Å². The second kappa shape index (κ2) is 6.08. The SMILES string of the molecule is Cc1cc(-c2noc([C@@H]3CCCN3)n2)cc(C)c1OC(C)C. The zero-order valence-electron chi connectivity index (χ0n) is 13.6. The largest absolute Gasteiger partial charge is 0.490 e. The van der Waals surface area contributed by atoms with E-state index in [1.807, 2.05) is 27.7 Å². The minimum Gasteiger partial charge on any atom is -0.490 e. The van der Waals surface area contributed by atoms with Crippen LogP contribution in [-0.2, 0) is 0 Å². The molecule has 0 aliphatic carbocycles. The van der Waals surface area contributed by atoms with E-state index in [0.717, 1.165) is 41.8 Å². The van der Waals surface area contributed by atoms with Gasteiger partial charge in [0, 0.05) is 5.56 Å². The molecule has 1 atom stereocenters. The van der Waals surface area contributed by atoms with Crippen molar-refractivity contribution in [3.8, 4) is 17.1 Å². The maximum atomic E-state index is 5.88. The van der Waals surface area contributed by atoms with Crippen molar-refractivity contribution in [3.63, 3.8) is 0 Å². The highest BCUT2D eigenvalue weighted by Crippen LogP contribution is 2.30. The van der Waals surface area contributed by atoms with Gasteiger partial charge in [-0.3, -0.25) is 0 Å². The molecule has 1 N–H and O–H groups in total. The van der Waals surface area contributed by atoms with E-state index in [-0.39, 0.29) is 12.1 Å². The van der Waals surface area contributed by atoms with Crippen LogP contribution >= 0.6 is 0 Å². The van der Waals surface area contributed by atoms with Crippen LogP contribution < -0.4 is 10.1 Å². The van der Waals surface area contributed by atoms with Crippen molar-refractivity contribution < 1.29 is 9.26 Å². The summed E-state index contributed by atoms with van der Waals surface area (Å²) in [6.07, 6.45) is 2.37. The van der Waals surface area contributed by atoms with Crippen molar-refractivity contribution in [2.45, 2.75) is 52.7 Å². The van der Waals surface area contributed by atoms with Crippen LogP contribution in [0.25, 0.3) is 11.4 Å². The zero-order valence-corrected chi connectivity index (χ0v) is 13.6. The van der Waals surface area contributed by atoms with Crippen LogP contribution in [0.1, 0.15) is 49.7 Å². The van der Waals surface area contributed by atoms with Crippen LogP contribution in [0, 0.1) is 13.8 Å². The van der Waals surface area contributed by atoms with Gasteiger partial charge in [0.25, 0.3) is 0 Å². The summed E-state index contributed by atoms with van der Waals surface area (Å²) in [5.74, 6) is 2.27. The van der Waals surface area contributed by atoms with E-state index in [1.165, 1.54) is 0 Å². The number of aryl methyl sites for hydroxylation is 2. The number of benzene rings is 1. The van der Waals surface area contributed by atoms with E-state index in [2.05, 4.69) is 27.6 Å². The number of nitrogens with zero attached hydrogens (tertiary/aromatic N) is 2. The van der Waals surface area contributed by atoms with Crippen molar-refractivity contribution in [2.75, 3.05) is 6.54 Å². The first-order valence-electron chi connectivity index (χ1n) is 7.90.